The molecular weight excluding hydrogens is 248 g/mol. The van der Waals surface area contributed by atoms with E-state index in [1.807, 2.05) is 49.4 Å². The van der Waals surface area contributed by atoms with Gasteiger partial charge in [-0.25, -0.2) is 0 Å². The van der Waals surface area contributed by atoms with Crippen molar-refractivity contribution in [2.45, 2.75) is 6.92 Å². The smallest absolute Gasteiger partial charge is 0.133 e. The van der Waals surface area contributed by atoms with Gasteiger partial charge in [0.25, 0.3) is 0 Å². The van der Waals surface area contributed by atoms with Crippen molar-refractivity contribution in [3.63, 3.8) is 0 Å². The first-order chi connectivity index (χ1) is 9.72. The second kappa shape index (κ2) is 6.22. The molecule has 0 unspecified atom stereocenters. The van der Waals surface area contributed by atoms with Crippen LogP contribution in [0.3, 0.4) is 0 Å². The first-order valence-corrected chi connectivity index (χ1v) is 6.08. The molecule has 1 aromatic carbocycles. The third-order valence-corrected chi connectivity index (χ3v) is 2.73. The summed E-state index contributed by atoms with van der Waals surface area (Å²) in [7, 11) is 0. The molecule has 0 atom stereocenters. The van der Waals surface area contributed by atoms with E-state index in [1.54, 1.807) is 18.2 Å². The van der Waals surface area contributed by atoms with Crippen LogP contribution in [0.15, 0.2) is 52.5 Å². The number of hydrogen-bond acceptors (Lipinski definition) is 3. The van der Waals surface area contributed by atoms with Crippen LogP contribution in [0, 0.1) is 22.7 Å². The molecule has 2 aromatic rings. The van der Waals surface area contributed by atoms with Crippen molar-refractivity contribution >= 4 is 17.7 Å². The molecule has 0 spiro atoms. The summed E-state index contributed by atoms with van der Waals surface area (Å²) >= 11 is 0. The Balaban J connectivity index is 2.26. The number of benzene rings is 1. The van der Waals surface area contributed by atoms with Crippen LogP contribution in [-0.2, 0) is 0 Å². The van der Waals surface area contributed by atoms with E-state index in [1.165, 1.54) is 6.08 Å². The molecule has 0 amide bonds. The average molecular weight is 260 g/mol. The molecule has 0 radical (unpaired) electrons. The molecule has 20 heavy (non-hydrogen) atoms. The third-order valence-electron chi connectivity index (χ3n) is 2.73. The van der Waals surface area contributed by atoms with E-state index in [9.17, 15) is 0 Å². The molecule has 2 rings (SSSR count). The minimum absolute atomic E-state index is 0.0237. The predicted molar refractivity (Wildman–Crippen MR) is 77.9 cm³/mol. The summed E-state index contributed by atoms with van der Waals surface area (Å²) in [6, 6.07) is 17.1. The van der Waals surface area contributed by atoms with Gasteiger partial charge < -0.3 is 4.42 Å². The lowest BCUT2D eigenvalue weighted by molar-refractivity contribution is 0.543. The summed E-state index contributed by atoms with van der Waals surface area (Å²) in [5.41, 5.74) is 2.09. The van der Waals surface area contributed by atoms with Gasteiger partial charge in [-0.15, -0.1) is 0 Å². The zero-order valence-corrected chi connectivity index (χ0v) is 11.0. The average Bonchev–Trinajstić information content (AvgIpc) is 2.94. The standard InChI is InChI=1S/C17H12N2O/c1-13(9-14-5-3-2-4-6-14)17-8-7-16(20-17)10-15(11-18)12-19/h2-10H,1H3. The second-order valence-electron chi connectivity index (χ2n) is 4.22. The highest BCUT2D eigenvalue weighted by Gasteiger charge is 2.03. The van der Waals surface area contributed by atoms with Crippen LogP contribution in [0.2, 0.25) is 0 Å². The van der Waals surface area contributed by atoms with Gasteiger partial charge in [0.2, 0.25) is 0 Å². The Morgan fingerprint density at radius 3 is 2.35 bits per heavy atom. The monoisotopic (exact) mass is 260 g/mol. The molecule has 0 fully saturated rings. The molecule has 1 heterocycles. The first kappa shape index (κ1) is 13.4. The van der Waals surface area contributed by atoms with Crippen molar-refractivity contribution in [2.24, 2.45) is 0 Å². The van der Waals surface area contributed by atoms with Crippen molar-refractivity contribution in [1.82, 2.24) is 0 Å². The van der Waals surface area contributed by atoms with E-state index in [0.29, 0.717) is 5.76 Å². The Morgan fingerprint density at radius 2 is 1.70 bits per heavy atom. The maximum Gasteiger partial charge on any atom is 0.133 e. The minimum atomic E-state index is 0.0237. The molecule has 0 aliphatic carbocycles. The van der Waals surface area contributed by atoms with E-state index in [2.05, 4.69) is 0 Å². The van der Waals surface area contributed by atoms with E-state index >= 15 is 0 Å². The Morgan fingerprint density at radius 1 is 1.00 bits per heavy atom. The molecule has 0 aliphatic heterocycles. The SMILES string of the molecule is CC(=Cc1ccccc1)c1ccc(C=C(C#N)C#N)o1. The molecular formula is C17H12N2O. The highest BCUT2D eigenvalue weighted by Crippen LogP contribution is 2.21. The lowest BCUT2D eigenvalue weighted by Crippen LogP contribution is -1.76. The summed E-state index contributed by atoms with van der Waals surface area (Å²) in [5, 5.41) is 17.4. The summed E-state index contributed by atoms with van der Waals surface area (Å²) in [5.74, 6) is 1.22. The second-order valence-corrected chi connectivity index (χ2v) is 4.22. The number of rotatable bonds is 3. The third kappa shape index (κ3) is 3.25. The predicted octanol–water partition coefficient (Wildman–Crippen LogP) is 4.27. The molecule has 0 bridgehead atoms. The number of hydrogen-bond donors (Lipinski definition) is 0. The molecule has 0 aliphatic rings. The van der Waals surface area contributed by atoms with Gasteiger partial charge in [0.1, 0.15) is 29.2 Å². The topological polar surface area (TPSA) is 60.7 Å². The maximum absolute atomic E-state index is 8.70. The van der Waals surface area contributed by atoms with Gasteiger partial charge in [-0.2, -0.15) is 10.5 Å². The molecule has 3 heteroatoms. The fourth-order valence-corrected chi connectivity index (χ4v) is 1.74. The Labute approximate surface area is 117 Å². The summed E-state index contributed by atoms with van der Waals surface area (Å²) in [4.78, 5) is 0. The van der Waals surface area contributed by atoms with Gasteiger partial charge in [-0.1, -0.05) is 30.3 Å². The first-order valence-electron chi connectivity index (χ1n) is 6.08. The molecule has 96 valence electrons. The van der Waals surface area contributed by atoms with Crippen LogP contribution in [0.4, 0.5) is 0 Å². The molecule has 3 nitrogen and oxygen atoms in total. The summed E-state index contributed by atoms with van der Waals surface area (Å²) < 4.78 is 5.60. The number of nitriles is 2. The fraction of sp³-hybridized carbons (Fsp3) is 0.0588. The van der Waals surface area contributed by atoms with Crippen LogP contribution in [0.25, 0.3) is 17.7 Å². The van der Waals surface area contributed by atoms with Gasteiger partial charge in [0, 0.05) is 6.08 Å². The highest BCUT2D eigenvalue weighted by molar-refractivity contribution is 5.78. The van der Waals surface area contributed by atoms with Crippen molar-refractivity contribution in [3.8, 4) is 12.1 Å². The van der Waals surface area contributed by atoms with Crippen molar-refractivity contribution in [2.75, 3.05) is 0 Å². The van der Waals surface area contributed by atoms with E-state index in [0.717, 1.165) is 16.9 Å². The van der Waals surface area contributed by atoms with Gasteiger partial charge in [0.05, 0.1) is 0 Å². The molecule has 1 aromatic heterocycles. The Bertz CT molecular complexity index is 721. The van der Waals surface area contributed by atoms with Gasteiger partial charge in [-0.3, -0.25) is 0 Å². The van der Waals surface area contributed by atoms with E-state index in [-0.39, 0.29) is 5.57 Å². The number of furan rings is 1. The minimum Gasteiger partial charge on any atom is -0.457 e. The van der Waals surface area contributed by atoms with Gasteiger partial charge >= 0.3 is 0 Å². The van der Waals surface area contributed by atoms with Crippen molar-refractivity contribution in [1.29, 1.82) is 10.5 Å². The zero-order chi connectivity index (χ0) is 14.4. The maximum atomic E-state index is 8.70. The van der Waals surface area contributed by atoms with Crippen molar-refractivity contribution in [3.05, 3.63) is 65.1 Å². The lowest BCUT2D eigenvalue weighted by Gasteiger charge is -1.97. The summed E-state index contributed by atoms with van der Waals surface area (Å²) in [6.07, 6.45) is 3.45. The van der Waals surface area contributed by atoms with Crippen molar-refractivity contribution < 1.29 is 4.42 Å². The fourth-order valence-electron chi connectivity index (χ4n) is 1.74. The number of nitrogens with zero attached hydrogens (tertiary/aromatic N) is 2. The van der Waals surface area contributed by atoms with E-state index < -0.39 is 0 Å². The Kier molecular flexibility index (Phi) is 4.17. The van der Waals surface area contributed by atoms with Crippen LogP contribution < -0.4 is 0 Å². The summed E-state index contributed by atoms with van der Waals surface area (Å²) in [6.45, 7) is 1.95. The Hall–Kier alpha value is -3.04. The van der Waals surface area contributed by atoms with Crippen LogP contribution in [0.5, 0.6) is 0 Å². The normalized spacial score (nSPS) is 10.4. The largest absolute Gasteiger partial charge is 0.457 e. The van der Waals surface area contributed by atoms with Crippen LogP contribution in [-0.4, -0.2) is 0 Å². The van der Waals surface area contributed by atoms with Crippen LogP contribution in [0.1, 0.15) is 24.0 Å². The van der Waals surface area contributed by atoms with E-state index in [4.69, 9.17) is 14.9 Å². The molecule has 0 saturated carbocycles. The highest BCUT2D eigenvalue weighted by atomic mass is 16.3. The number of allylic oxidation sites excluding steroid dienone is 2. The quantitative estimate of drug-likeness (QED) is 0.774. The van der Waals surface area contributed by atoms with Crippen LogP contribution >= 0.6 is 0 Å². The zero-order valence-electron chi connectivity index (χ0n) is 11.0. The molecule has 0 N–H and O–H groups in total. The molecule has 0 saturated heterocycles. The van der Waals surface area contributed by atoms with Gasteiger partial charge in [0.15, 0.2) is 0 Å². The van der Waals surface area contributed by atoms with Gasteiger partial charge in [-0.05, 0) is 36.3 Å². The lowest BCUT2D eigenvalue weighted by atomic mass is 10.1.